The summed E-state index contributed by atoms with van der Waals surface area (Å²) in [6.45, 7) is -1.59. The molecule has 2 aliphatic heterocycles. The molecule has 2 aliphatic rings. The smallest absolute Gasteiger partial charge is 0.394 e. The van der Waals surface area contributed by atoms with Crippen LogP contribution in [0.1, 0.15) is 6.92 Å². The summed E-state index contributed by atoms with van der Waals surface area (Å²) in [7, 11) is 6.65. The summed E-state index contributed by atoms with van der Waals surface area (Å²) < 4.78 is 58.9. The molecule has 0 aromatic carbocycles. The van der Waals surface area contributed by atoms with Gasteiger partial charge in [0, 0.05) is 18.0 Å². The summed E-state index contributed by atoms with van der Waals surface area (Å²) in [5.41, 5.74) is 0. The number of hydrogen-bond acceptors (Lipinski definition) is 14. The monoisotopic (exact) mass is 572 g/mol. The van der Waals surface area contributed by atoms with Gasteiger partial charge in [-0.3, -0.25) is 18.1 Å². The number of phosphoric ester groups is 2. The highest BCUT2D eigenvalue weighted by Gasteiger charge is 2.48. The molecule has 0 amide bonds. The second kappa shape index (κ2) is 14.1. The van der Waals surface area contributed by atoms with Gasteiger partial charge in [0.1, 0.15) is 60.2 Å². The van der Waals surface area contributed by atoms with Crippen LogP contribution < -0.4 is 0 Å². The molecular formula is C16H29B3O16P2. The van der Waals surface area contributed by atoms with Crippen molar-refractivity contribution in [2.75, 3.05) is 26.4 Å². The lowest BCUT2D eigenvalue weighted by molar-refractivity contribution is -0.0702. The molecule has 0 aliphatic carbocycles. The third-order valence-electron chi connectivity index (χ3n) is 5.28. The first-order chi connectivity index (χ1) is 17.1. The predicted octanol–water partition coefficient (Wildman–Crippen LogP) is -4.26. The number of rotatable bonds is 15. The summed E-state index contributed by atoms with van der Waals surface area (Å²) >= 11 is 0. The van der Waals surface area contributed by atoms with Crippen LogP contribution in [0, 0.1) is 0 Å². The Labute approximate surface area is 216 Å². The number of phosphoric acid groups is 2. The molecule has 2 fully saturated rings. The first kappa shape index (κ1) is 33.3. The molecule has 13 atom stereocenters. The van der Waals surface area contributed by atoms with Gasteiger partial charge in [0.15, 0.2) is 0 Å². The van der Waals surface area contributed by atoms with E-state index in [2.05, 4.69) is 0 Å². The Bertz CT molecular complexity index is 812. The fraction of sp³-hybridized carbons (Fsp3) is 1.00. The molecule has 4 unspecified atom stereocenters. The van der Waals surface area contributed by atoms with E-state index in [1.54, 1.807) is 0 Å². The molecule has 0 aromatic rings. The highest BCUT2D eigenvalue weighted by molar-refractivity contribution is 7.47. The second-order valence-electron chi connectivity index (χ2n) is 8.29. The van der Waals surface area contributed by atoms with Gasteiger partial charge in [-0.15, -0.1) is 0 Å². The second-order valence-corrected chi connectivity index (χ2v) is 11.2. The molecule has 6 radical (unpaired) electrons. The van der Waals surface area contributed by atoms with E-state index in [-0.39, 0.29) is 0 Å². The largest absolute Gasteiger partial charge is 0.472 e. The van der Waals surface area contributed by atoms with Crippen LogP contribution >= 0.6 is 15.6 Å². The molecule has 2 heterocycles. The number of hydrogen-bond donors (Lipinski definition) is 7. The van der Waals surface area contributed by atoms with E-state index in [0.717, 1.165) is 0 Å². The van der Waals surface area contributed by atoms with Crippen molar-refractivity contribution in [2.24, 2.45) is 0 Å². The molecular weight excluding hydrogens is 543 g/mol. The molecule has 208 valence electrons. The van der Waals surface area contributed by atoms with Crippen molar-refractivity contribution in [3.63, 3.8) is 0 Å². The van der Waals surface area contributed by atoms with Crippen molar-refractivity contribution >= 4 is 39.2 Å². The van der Waals surface area contributed by atoms with Crippen LogP contribution in [0.15, 0.2) is 0 Å². The Balaban J connectivity index is 1.91. The molecule has 7 N–H and O–H groups in total. The van der Waals surface area contributed by atoms with Gasteiger partial charge < -0.3 is 49.5 Å². The Hall–Kier alpha value is 0.0948. The Kier molecular flexibility index (Phi) is 12.7. The van der Waals surface area contributed by atoms with Crippen molar-refractivity contribution < 1.29 is 76.8 Å². The predicted molar refractivity (Wildman–Crippen MR) is 122 cm³/mol. The molecule has 0 spiro atoms. The minimum Gasteiger partial charge on any atom is -0.394 e. The van der Waals surface area contributed by atoms with Crippen LogP contribution in [0.3, 0.4) is 0 Å². The number of aliphatic hydroxyl groups is 5. The van der Waals surface area contributed by atoms with Crippen molar-refractivity contribution in [3.8, 4) is 0 Å². The van der Waals surface area contributed by atoms with E-state index in [1.165, 1.54) is 6.92 Å². The van der Waals surface area contributed by atoms with E-state index < -0.39 is 109 Å². The molecule has 0 bridgehead atoms. The third kappa shape index (κ3) is 9.90. The maximum absolute atomic E-state index is 12.4. The van der Waals surface area contributed by atoms with Crippen LogP contribution in [-0.2, 0) is 41.4 Å². The first-order valence-corrected chi connectivity index (χ1v) is 13.9. The number of aliphatic hydroxyl groups excluding tert-OH is 5. The Morgan fingerprint density at radius 3 is 1.97 bits per heavy atom. The maximum Gasteiger partial charge on any atom is 0.472 e. The van der Waals surface area contributed by atoms with Gasteiger partial charge in [0.2, 0.25) is 0 Å². The summed E-state index contributed by atoms with van der Waals surface area (Å²) in [4.78, 5) is 19.9. The minimum absolute atomic E-state index is 0.675. The van der Waals surface area contributed by atoms with Gasteiger partial charge in [0.05, 0.1) is 38.6 Å². The fourth-order valence-corrected chi connectivity index (χ4v) is 4.88. The van der Waals surface area contributed by atoms with E-state index >= 15 is 0 Å². The molecule has 2 saturated heterocycles. The van der Waals surface area contributed by atoms with Gasteiger partial charge in [0.25, 0.3) is 0 Å². The van der Waals surface area contributed by atoms with Crippen molar-refractivity contribution in [1.82, 2.24) is 0 Å². The van der Waals surface area contributed by atoms with E-state index in [1.807, 2.05) is 0 Å². The highest BCUT2D eigenvalue weighted by atomic mass is 31.2. The minimum atomic E-state index is -4.98. The van der Waals surface area contributed by atoms with E-state index in [9.17, 15) is 44.4 Å². The average molecular weight is 572 g/mol. The Morgan fingerprint density at radius 2 is 1.43 bits per heavy atom. The molecule has 16 nitrogen and oxygen atoms in total. The fourth-order valence-electron chi connectivity index (χ4n) is 3.15. The molecule has 21 heteroatoms. The van der Waals surface area contributed by atoms with Crippen LogP contribution in [0.2, 0.25) is 0 Å². The average Bonchev–Trinajstić information content (AvgIpc) is 3.22. The lowest BCUT2D eigenvalue weighted by atomic mass is 9.93. The summed E-state index contributed by atoms with van der Waals surface area (Å²) in [5, 5.41) is 48.2. The summed E-state index contributed by atoms with van der Waals surface area (Å²) in [6, 6.07) is -3.91. The number of ether oxygens (including phenoxy) is 3. The zero-order valence-electron chi connectivity index (χ0n) is 19.6. The van der Waals surface area contributed by atoms with Gasteiger partial charge in [-0.05, 0) is 6.92 Å². The zero-order chi connectivity index (χ0) is 28.1. The zero-order valence-corrected chi connectivity index (χ0v) is 21.4. The van der Waals surface area contributed by atoms with Gasteiger partial charge in [-0.25, -0.2) is 9.13 Å². The Morgan fingerprint density at radius 1 is 0.892 bits per heavy atom. The highest BCUT2D eigenvalue weighted by Crippen LogP contribution is 2.49. The molecule has 37 heavy (non-hydrogen) atoms. The van der Waals surface area contributed by atoms with E-state index in [4.69, 9.17) is 55.8 Å². The van der Waals surface area contributed by atoms with Crippen LogP contribution in [-0.4, -0.2) is 152 Å². The SMILES string of the molecule is [B][C@H](O[C@H](CO)COP(=O)(O)OC[C@H]1O[C@@H]([B])[C@@H](O)C1OP(=O)(O)OC[C@H]1O[C@@H]([B])[C@@H](O)C1O)[C@H](C)O. The van der Waals surface area contributed by atoms with Gasteiger partial charge in [-0.2, -0.15) is 0 Å². The van der Waals surface area contributed by atoms with Crippen LogP contribution in [0.25, 0.3) is 0 Å². The normalized spacial score (nSPS) is 38.1. The van der Waals surface area contributed by atoms with Crippen molar-refractivity contribution in [2.45, 2.75) is 73.8 Å². The first-order valence-electron chi connectivity index (χ1n) is 10.9. The van der Waals surface area contributed by atoms with Crippen LogP contribution in [0.5, 0.6) is 0 Å². The maximum atomic E-state index is 12.4. The lowest BCUT2D eigenvalue weighted by Crippen LogP contribution is -2.37. The third-order valence-corrected chi connectivity index (χ3v) is 7.22. The summed E-state index contributed by atoms with van der Waals surface area (Å²) in [5.74, 6) is 0. The quantitative estimate of drug-likeness (QED) is 0.0727. The van der Waals surface area contributed by atoms with Gasteiger partial charge in [-0.1, -0.05) is 0 Å². The van der Waals surface area contributed by atoms with Crippen molar-refractivity contribution in [3.05, 3.63) is 0 Å². The summed E-state index contributed by atoms with van der Waals surface area (Å²) in [6.07, 6.45) is -11.4. The van der Waals surface area contributed by atoms with Gasteiger partial charge >= 0.3 is 15.6 Å². The van der Waals surface area contributed by atoms with Crippen LogP contribution in [0.4, 0.5) is 0 Å². The lowest BCUT2D eigenvalue weighted by Gasteiger charge is -2.25. The standard InChI is InChI=1S/C16H29B3O16P2/c1-6(21)14(17)32-7(2-20)3-29-36(25,26)30-5-9-13(12(24)16(19)34-9)35-37(27,28)31-4-8-10(22)11(23)15(18)33-8/h6-16,20-24H,2-5H2,1H3,(H,25,26)(H,27,28)/t6-,7+,8+,9+,10?,11-,12-,13?,14+,15+,16+/m0/s1. The topological polar surface area (TPSA) is 240 Å². The van der Waals surface area contributed by atoms with E-state index in [0.29, 0.717) is 0 Å². The molecule has 0 saturated carbocycles. The van der Waals surface area contributed by atoms with Crippen molar-refractivity contribution in [1.29, 1.82) is 0 Å². The molecule has 2 rings (SSSR count). The molecule has 0 aromatic heterocycles.